The Hall–Kier alpha value is -1.19. The zero-order valence-electron chi connectivity index (χ0n) is 10.1. The van der Waals surface area contributed by atoms with Crippen molar-refractivity contribution in [3.05, 3.63) is 41.4 Å². The van der Waals surface area contributed by atoms with Gasteiger partial charge >= 0.3 is 0 Å². The van der Waals surface area contributed by atoms with Crippen LogP contribution in [-0.2, 0) is 0 Å². The van der Waals surface area contributed by atoms with Crippen LogP contribution in [0.4, 0.5) is 5.69 Å². The fourth-order valence-electron chi connectivity index (χ4n) is 2.01. The first-order valence-corrected chi connectivity index (χ1v) is 7.22. The SMILES string of the molecule is CN1CCSC1=Nc1ccc2ccccc2c1Cl. The highest BCUT2D eigenvalue weighted by Crippen LogP contribution is 2.34. The minimum absolute atomic E-state index is 0.738. The third-order valence-corrected chi connectivity index (χ3v) is 4.49. The number of amidine groups is 1. The van der Waals surface area contributed by atoms with E-state index in [-0.39, 0.29) is 0 Å². The van der Waals surface area contributed by atoms with Gasteiger partial charge in [-0.3, -0.25) is 0 Å². The maximum atomic E-state index is 6.43. The van der Waals surface area contributed by atoms with Crippen LogP contribution < -0.4 is 0 Å². The van der Waals surface area contributed by atoms with E-state index in [4.69, 9.17) is 11.6 Å². The Morgan fingerprint density at radius 2 is 2.06 bits per heavy atom. The molecule has 92 valence electrons. The van der Waals surface area contributed by atoms with E-state index >= 15 is 0 Å². The van der Waals surface area contributed by atoms with Crippen LogP contribution in [0.25, 0.3) is 10.8 Å². The highest BCUT2D eigenvalue weighted by atomic mass is 35.5. The second-order valence-electron chi connectivity index (χ2n) is 4.28. The molecule has 0 atom stereocenters. The summed E-state index contributed by atoms with van der Waals surface area (Å²) < 4.78 is 0. The number of aliphatic imine (C=N–C) groups is 1. The fraction of sp³-hybridized carbons (Fsp3) is 0.214. The molecule has 2 nitrogen and oxygen atoms in total. The van der Waals surface area contributed by atoms with Crippen LogP contribution in [0.5, 0.6) is 0 Å². The van der Waals surface area contributed by atoms with Crippen molar-refractivity contribution in [3.8, 4) is 0 Å². The summed E-state index contributed by atoms with van der Waals surface area (Å²) in [5, 5.41) is 4.00. The van der Waals surface area contributed by atoms with E-state index in [9.17, 15) is 0 Å². The molecular formula is C14H13ClN2S. The van der Waals surface area contributed by atoms with Crippen molar-refractivity contribution in [1.29, 1.82) is 0 Å². The van der Waals surface area contributed by atoms with E-state index in [0.29, 0.717) is 0 Å². The zero-order chi connectivity index (χ0) is 12.5. The van der Waals surface area contributed by atoms with E-state index in [2.05, 4.69) is 29.1 Å². The molecule has 0 aromatic heterocycles. The maximum Gasteiger partial charge on any atom is 0.164 e. The quantitative estimate of drug-likeness (QED) is 0.777. The summed E-state index contributed by atoms with van der Waals surface area (Å²) in [5.41, 5.74) is 0.853. The molecule has 1 saturated heterocycles. The number of nitrogens with zero attached hydrogens (tertiary/aromatic N) is 2. The largest absolute Gasteiger partial charge is 0.353 e. The van der Waals surface area contributed by atoms with Crippen LogP contribution in [0.1, 0.15) is 0 Å². The summed E-state index contributed by atoms with van der Waals surface area (Å²) in [6.45, 7) is 1.05. The molecule has 2 aromatic rings. The number of fused-ring (bicyclic) bond motifs is 1. The molecule has 0 bridgehead atoms. The molecule has 0 saturated carbocycles. The predicted octanol–water partition coefficient (Wildman–Crippen LogP) is 4.16. The van der Waals surface area contributed by atoms with Crippen molar-refractivity contribution in [2.45, 2.75) is 0 Å². The van der Waals surface area contributed by atoms with Crippen LogP contribution in [0.2, 0.25) is 5.02 Å². The minimum Gasteiger partial charge on any atom is -0.353 e. The lowest BCUT2D eigenvalue weighted by Crippen LogP contribution is -2.17. The van der Waals surface area contributed by atoms with Gasteiger partial charge in [-0.05, 0) is 11.5 Å². The lowest BCUT2D eigenvalue weighted by atomic mass is 10.1. The highest BCUT2D eigenvalue weighted by molar-refractivity contribution is 8.14. The third-order valence-electron chi connectivity index (χ3n) is 3.04. The van der Waals surface area contributed by atoms with Gasteiger partial charge in [-0.1, -0.05) is 53.7 Å². The molecule has 0 aliphatic carbocycles. The Labute approximate surface area is 116 Å². The zero-order valence-corrected chi connectivity index (χ0v) is 11.6. The van der Waals surface area contributed by atoms with E-state index in [1.54, 1.807) is 11.8 Å². The Bertz CT molecular complexity index is 624. The average Bonchev–Trinajstić information content (AvgIpc) is 2.79. The predicted molar refractivity (Wildman–Crippen MR) is 81.1 cm³/mol. The molecule has 18 heavy (non-hydrogen) atoms. The number of thioether (sulfide) groups is 1. The summed E-state index contributed by atoms with van der Waals surface area (Å²) >= 11 is 8.21. The molecule has 0 radical (unpaired) electrons. The van der Waals surface area contributed by atoms with Crippen molar-refractivity contribution in [2.75, 3.05) is 19.3 Å². The standard InChI is InChI=1S/C14H13ClN2S/c1-17-8-9-18-14(17)16-12-7-6-10-4-2-3-5-11(10)13(12)15/h2-7H,8-9H2,1H3. The van der Waals surface area contributed by atoms with Gasteiger partial charge in [0.15, 0.2) is 5.17 Å². The summed E-state index contributed by atoms with van der Waals surface area (Å²) in [4.78, 5) is 6.83. The first-order chi connectivity index (χ1) is 8.75. The second kappa shape index (κ2) is 4.82. The summed E-state index contributed by atoms with van der Waals surface area (Å²) in [6, 6.07) is 12.2. The number of benzene rings is 2. The van der Waals surface area contributed by atoms with Gasteiger partial charge in [0, 0.05) is 24.7 Å². The second-order valence-corrected chi connectivity index (χ2v) is 5.72. The van der Waals surface area contributed by atoms with Crippen molar-refractivity contribution < 1.29 is 0 Å². The van der Waals surface area contributed by atoms with E-state index in [1.807, 2.05) is 24.3 Å². The van der Waals surface area contributed by atoms with Crippen molar-refractivity contribution in [1.82, 2.24) is 4.90 Å². The Morgan fingerprint density at radius 3 is 2.83 bits per heavy atom. The minimum atomic E-state index is 0.738. The van der Waals surface area contributed by atoms with E-state index in [1.165, 1.54) is 0 Å². The summed E-state index contributed by atoms with van der Waals surface area (Å²) in [6.07, 6.45) is 0. The molecule has 1 aliphatic rings. The normalized spacial score (nSPS) is 17.9. The molecule has 0 spiro atoms. The third kappa shape index (κ3) is 2.08. The number of hydrogen-bond acceptors (Lipinski definition) is 2. The van der Waals surface area contributed by atoms with Gasteiger partial charge in [0.05, 0.1) is 10.7 Å². The van der Waals surface area contributed by atoms with Gasteiger partial charge in [0.25, 0.3) is 0 Å². The molecule has 0 unspecified atom stereocenters. The lowest BCUT2D eigenvalue weighted by Gasteiger charge is -2.10. The van der Waals surface area contributed by atoms with Gasteiger partial charge in [-0.25, -0.2) is 4.99 Å². The Balaban J connectivity index is 2.10. The molecule has 1 fully saturated rings. The Kier molecular flexibility index (Phi) is 3.18. The summed E-state index contributed by atoms with van der Waals surface area (Å²) in [5.74, 6) is 1.10. The molecule has 4 heteroatoms. The number of halogens is 1. The first-order valence-electron chi connectivity index (χ1n) is 5.85. The number of hydrogen-bond donors (Lipinski definition) is 0. The molecular weight excluding hydrogens is 264 g/mol. The van der Waals surface area contributed by atoms with Crippen molar-refractivity contribution >= 4 is 45.0 Å². The monoisotopic (exact) mass is 276 g/mol. The number of rotatable bonds is 1. The maximum absolute atomic E-state index is 6.43. The lowest BCUT2D eigenvalue weighted by molar-refractivity contribution is 0.563. The van der Waals surface area contributed by atoms with Crippen LogP contribution in [-0.4, -0.2) is 29.4 Å². The average molecular weight is 277 g/mol. The van der Waals surface area contributed by atoms with Gasteiger partial charge in [0.2, 0.25) is 0 Å². The van der Waals surface area contributed by atoms with Crippen molar-refractivity contribution in [3.63, 3.8) is 0 Å². The summed E-state index contributed by atoms with van der Waals surface area (Å²) in [7, 11) is 2.06. The van der Waals surface area contributed by atoms with Crippen LogP contribution in [0, 0.1) is 0 Å². The molecule has 0 amide bonds. The first kappa shape index (κ1) is 11.9. The molecule has 2 aromatic carbocycles. The molecule has 1 aliphatic heterocycles. The van der Waals surface area contributed by atoms with Gasteiger partial charge < -0.3 is 4.90 Å². The van der Waals surface area contributed by atoms with E-state index < -0.39 is 0 Å². The van der Waals surface area contributed by atoms with Crippen LogP contribution in [0.3, 0.4) is 0 Å². The van der Waals surface area contributed by atoms with Gasteiger partial charge in [0.1, 0.15) is 0 Å². The van der Waals surface area contributed by atoms with E-state index in [0.717, 1.165) is 38.9 Å². The van der Waals surface area contributed by atoms with Gasteiger partial charge in [-0.2, -0.15) is 0 Å². The topological polar surface area (TPSA) is 15.6 Å². The molecule has 3 rings (SSSR count). The van der Waals surface area contributed by atoms with Crippen LogP contribution in [0.15, 0.2) is 41.4 Å². The Morgan fingerprint density at radius 1 is 1.22 bits per heavy atom. The molecule has 0 N–H and O–H groups in total. The highest BCUT2D eigenvalue weighted by Gasteiger charge is 2.15. The fourth-order valence-corrected chi connectivity index (χ4v) is 3.31. The van der Waals surface area contributed by atoms with Crippen LogP contribution >= 0.6 is 23.4 Å². The van der Waals surface area contributed by atoms with Crippen molar-refractivity contribution in [2.24, 2.45) is 4.99 Å². The molecule has 1 heterocycles. The smallest absolute Gasteiger partial charge is 0.164 e. The van der Waals surface area contributed by atoms with Gasteiger partial charge in [-0.15, -0.1) is 0 Å².